The highest BCUT2D eigenvalue weighted by atomic mass is 15.1. The van der Waals surface area contributed by atoms with Crippen molar-refractivity contribution in [2.75, 3.05) is 18.8 Å². The number of fused-ring (bicyclic) bond motifs is 2. The fraction of sp³-hybridized carbons (Fsp3) is 0.348. The Bertz CT molecular complexity index is 1140. The number of nitrogens with zero attached hydrogens (tertiary/aromatic N) is 1. The van der Waals surface area contributed by atoms with E-state index in [2.05, 4.69) is 70.7 Å². The maximum atomic E-state index is 6.04. The van der Waals surface area contributed by atoms with Gasteiger partial charge in [-0.1, -0.05) is 26.0 Å². The first-order valence-corrected chi connectivity index (χ1v) is 10.2. The van der Waals surface area contributed by atoms with Crippen molar-refractivity contribution in [3.63, 3.8) is 0 Å². The molecule has 3 heterocycles. The SMILES string of the molecule is CC(C)c1c(-c2ccc3[nH]nc(N)c3c2)[nH]c2ccc(C3CCNCC3)cc12. The highest BCUT2D eigenvalue weighted by Gasteiger charge is 2.20. The molecule has 5 heteroatoms. The summed E-state index contributed by atoms with van der Waals surface area (Å²) >= 11 is 0. The second kappa shape index (κ2) is 6.67. The lowest BCUT2D eigenvalue weighted by molar-refractivity contribution is 0.460. The lowest BCUT2D eigenvalue weighted by Crippen LogP contribution is -2.26. The van der Waals surface area contributed by atoms with E-state index in [0.717, 1.165) is 29.6 Å². The Kier molecular flexibility index (Phi) is 4.13. The van der Waals surface area contributed by atoms with Gasteiger partial charge >= 0.3 is 0 Å². The van der Waals surface area contributed by atoms with Gasteiger partial charge in [-0.2, -0.15) is 5.10 Å². The lowest BCUT2D eigenvalue weighted by Gasteiger charge is -2.23. The quantitative estimate of drug-likeness (QED) is 0.413. The van der Waals surface area contributed by atoms with Crippen LogP contribution in [0, 0.1) is 0 Å². The standard InChI is InChI=1S/C23H27N5/c1-13(2)21-17-11-15(14-7-9-25-10-8-14)3-5-19(17)26-22(21)16-4-6-20-18(12-16)23(24)28-27-20/h3-6,11-14,25-26H,7-10H2,1-2H3,(H3,24,27,28). The number of nitrogens with two attached hydrogens (primary N) is 1. The Morgan fingerprint density at radius 2 is 1.79 bits per heavy atom. The van der Waals surface area contributed by atoms with Crippen molar-refractivity contribution in [2.24, 2.45) is 0 Å². The first-order valence-electron chi connectivity index (χ1n) is 10.2. The summed E-state index contributed by atoms with van der Waals surface area (Å²) in [6.45, 7) is 6.77. The first-order chi connectivity index (χ1) is 13.6. The third-order valence-electron chi connectivity index (χ3n) is 6.13. The van der Waals surface area contributed by atoms with Gasteiger partial charge in [0.05, 0.1) is 5.52 Å². The summed E-state index contributed by atoms with van der Waals surface area (Å²) in [5.41, 5.74) is 13.4. The van der Waals surface area contributed by atoms with Crippen LogP contribution in [0.15, 0.2) is 36.4 Å². The molecule has 5 nitrogen and oxygen atoms in total. The molecule has 5 N–H and O–H groups in total. The molecule has 2 aromatic carbocycles. The van der Waals surface area contributed by atoms with Crippen LogP contribution in [-0.2, 0) is 0 Å². The Hall–Kier alpha value is -2.79. The minimum atomic E-state index is 0.421. The van der Waals surface area contributed by atoms with Gasteiger partial charge in [-0.05, 0) is 78.7 Å². The summed E-state index contributed by atoms with van der Waals surface area (Å²) in [6, 6.07) is 13.3. The third kappa shape index (κ3) is 2.78. The highest BCUT2D eigenvalue weighted by molar-refractivity contribution is 5.96. The van der Waals surface area contributed by atoms with Gasteiger partial charge < -0.3 is 16.0 Å². The number of anilines is 1. The van der Waals surface area contributed by atoms with Crippen molar-refractivity contribution in [3.8, 4) is 11.3 Å². The van der Waals surface area contributed by atoms with Crippen LogP contribution in [0.1, 0.15) is 49.7 Å². The molecule has 0 bridgehead atoms. The monoisotopic (exact) mass is 373 g/mol. The van der Waals surface area contributed by atoms with Crippen LogP contribution < -0.4 is 11.1 Å². The highest BCUT2D eigenvalue weighted by Crippen LogP contribution is 2.38. The van der Waals surface area contributed by atoms with Crippen LogP contribution >= 0.6 is 0 Å². The molecule has 144 valence electrons. The van der Waals surface area contributed by atoms with Crippen molar-refractivity contribution in [2.45, 2.75) is 38.5 Å². The molecule has 1 aliphatic rings. The second-order valence-electron chi connectivity index (χ2n) is 8.27. The molecular formula is C23H27N5. The maximum Gasteiger partial charge on any atom is 0.153 e. The number of hydrogen-bond acceptors (Lipinski definition) is 3. The van der Waals surface area contributed by atoms with E-state index in [4.69, 9.17) is 5.73 Å². The number of nitrogens with one attached hydrogen (secondary N) is 3. The van der Waals surface area contributed by atoms with E-state index >= 15 is 0 Å². The zero-order valence-corrected chi connectivity index (χ0v) is 16.5. The number of H-pyrrole nitrogens is 2. The fourth-order valence-electron chi connectivity index (χ4n) is 4.66. The number of piperidine rings is 1. The van der Waals surface area contributed by atoms with Crippen LogP contribution in [0.5, 0.6) is 0 Å². The minimum Gasteiger partial charge on any atom is -0.382 e. The number of aromatic nitrogens is 3. The minimum absolute atomic E-state index is 0.421. The van der Waals surface area contributed by atoms with Crippen LogP contribution in [0.25, 0.3) is 33.1 Å². The molecule has 1 aliphatic heterocycles. The number of benzene rings is 2. The number of aromatic amines is 2. The van der Waals surface area contributed by atoms with Gasteiger partial charge in [-0.15, -0.1) is 0 Å². The Morgan fingerprint density at radius 1 is 1.00 bits per heavy atom. The third-order valence-corrected chi connectivity index (χ3v) is 6.13. The topological polar surface area (TPSA) is 82.5 Å². The predicted molar refractivity (Wildman–Crippen MR) is 117 cm³/mol. The van der Waals surface area contributed by atoms with Crippen molar-refractivity contribution >= 4 is 27.6 Å². The Morgan fingerprint density at radius 3 is 2.57 bits per heavy atom. The zero-order valence-electron chi connectivity index (χ0n) is 16.5. The molecule has 0 spiro atoms. The van der Waals surface area contributed by atoms with Crippen molar-refractivity contribution in [1.82, 2.24) is 20.5 Å². The molecule has 0 unspecified atom stereocenters. The molecule has 4 aromatic rings. The summed E-state index contributed by atoms with van der Waals surface area (Å²) in [7, 11) is 0. The number of rotatable bonds is 3. The van der Waals surface area contributed by atoms with Gasteiger partial charge in [0.1, 0.15) is 0 Å². The average molecular weight is 374 g/mol. The molecule has 1 fully saturated rings. The summed E-state index contributed by atoms with van der Waals surface area (Å²) in [5, 5.41) is 12.9. The molecular weight excluding hydrogens is 346 g/mol. The molecule has 1 saturated heterocycles. The summed E-state index contributed by atoms with van der Waals surface area (Å²) in [6.07, 6.45) is 2.44. The van der Waals surface area contributed by atoms with E-state index < -0.39 is 0 Å². The van der Waals surface area contributed by atoms with Gasteiger partial charge in [-0.3, -0.25) is 5.10 Å². The molecule has 0 saturated carbocycles. The smallest absolute Gasteiger partial charge is 0.153 e. The molecule has 5 rings (SSSR count). The summed E-state index contributed by atoms with van der Waals surface area (Å²) in [4.78, 5) is 3.68. The van der Waals surface area contributed by atoms with Gasteiger partial charge in [0.2, 0.25) is 0 Å². The van der Waals surface area contributed by atoms with Crippen molar-refractivity contribution in [1.29, 1.82) is 0 Å². The van der Waals surface area contributed by atoms with E-state index in [-0.39, 0.29) is 0 Å². The van der Waals surface area contributed by atoms with E-state index in [1.54, 1.807) is 0 Å². The van der Waals surface area contributed by atoms with Crippen molar-refractivity contribution in [3.05, 3.63) is 47.5 Å². The predicted octanol–water partition coefficient (Wildman–Crippen LogP) is 4.88. The van der Waals surface area contributed by atoms with Crippen LogP contribution in [0.4, 0.5) is 5.82 Å². The maximum absolute atomic E-state index is 6.04. The van der Waals surface area contributed by atoms with Gasteiger partial charge in [0, 0.05) is 22.0 Å². The average Bonchev–Trinajstić information content (AvgIpc) is 3.28. The molecule has 28 heavy (non-hydrogen) atoms. The summed E-state index contributed by atoms with van der Waals surface area (Å²) < 4.78 is 0. The molecule has 0 radical (unpaired) electrons. The zero-order chi connectivity index (χ0) is 19.3. The molecule has 0 atom stereocenters. The first kappa shape index (κ1) is 17.3. The molecule has 0 aliphatic carbocycles. The molecule has 2 aromatic heterocycles. The van der Waals surface area contributed by atoms with Gasteiger partial charge in [0.25, 0.3) is 0 Å². The van der Waals surface area contributed by atoms with Gasteiger partial charge in [0.15, 0.2) is 5.82 Å². The lowest BCUT2D eigenvalue weighted by atomic mass is 9.88. The number of nitrogen functional groups attached to an aromatic ring is 1. The van der Waals surface area contributed by atoms with E-state index in [9.17, 15) is 0 Å². The van der Waals surface area contributed by atoms with Crippen LogP contribution in [-0.4, -0.2) is 28.3 Å². The van der Waals surface area contributed by atoms with Crippen molar-refractivity contribution < 1.29 is 0 Å². The number of hydrogen-bond donors (Lipinski definition) is 4. The van der Waals surface area contributed by atoms with E-state index in [0.29, 0.717) is 17.7 Å². The van der Waals surface area contributed by atoms with Gasteiger partial charge in [-0.25, -0.2) is 0 Å². The summed E-state index contributed by atoms with van der Waals surface area (Å²) in [5.74, 6) is 1.63. The van der Waals surface area contributed by atoms with Crippen LogP contribution in [0.2, 0.25) is 0 Å². The largest absolute Gasteiger partial charge is 0.382 e. The van der Waals surface area contributed by atoms with E-state index in [1.165, 1.54) is 40.6 Å². The fourth-order valence-corrected chi connectivity index (χ4v) is 4.66. The van der Waals surface area contributed by atoms with E-state index in [1.807, 2.05) is 0 Å². The Labute approximate surface area is 164 Å². The normalized spacial score (nSPS) is 15.8. The Balaban J connectivity index is 1.67. The van der Waals surface area contributed by atoms with Crippen LogP contribution in [0.3, 0.4) is 0 Å². The second-order valence-corrected chi connectivity index (χ2v) is 8.27. The molecule has 0 amide bonds.